The van der Waals surface area contributed by atoms with E-state index in [1.165, 1.54) is 0 Å². The molecule has 3 N–H and O–H groups in total. The van der Waals surface area contributed by atoms with Gasteiger partial charge in [0.1, 0.15) is 5.69 Å². The van der Waals surface area contributed by atoms with E-state index in [4.69, 9.17) is 5.73 Å². The maximum Gasteiger partial charge on any atom is 0.355 e. The van der Waals surface area contributed by atoms with Crippen molar-refractivity contribution in [1.29, 1.82) is 0 Å². The van der Waals surface area contributed by atoms with Gasteiger partial charge in [-0.1, -0.05) is 0 Å². The van der Waals surface area contributed by atoms with E-state index in [9.17, 15) is 14.4 Å². The van der Waals surface area contributed by atoms with E-state index < -0.39 is 24.5 Å². The van der Waals surface area contributed by atoms with Gasteiger partial charge in [-0.05, 0) is 12.1 Å². The minimum absolute atomic E-state index is 0.312. The lowest BCUT2D eigenvalue weighted by atomic mass is 10.4. The predicted octanol–water partition coefficient (Wildman–Crippen LogP) is -0.623. The van der Waals surface area contributed by atoms with Gasteiger partial charge in [0.05, 0.1) is 0 Å². The summed E-state index contributed by atoms with van der Waals surface area (Å²) in [5.74, 6) is -1.41. The van der Waals surface area contributed by atoms with Gasteiger partial charge in [0.25, 0.3) is 5.91 Å². The number of aromatic nitrogens is 1. The Morgan fingerprint density at radius 3 is 2.69 bits per heavy atom. The number of amides is 3. The van der Waals surface area contributed by atoms with Gasteiger partial charge in [-0.25, -0.2) is 9.59 Å². The Morgan fingerprint density at radius 1 is 1.50 bits per heavy atom. The van der Waals surface area contributed by atoms with Gasteiger partial charge in [-0.2, -0.15) is 0 Å². The second-order valence-corrected chi connectivity index (χ2v) is 2.99. The lowest BCUT2D eigenvalue weighted by Gasteiger charge is -2.04. The Morgan fingerprint density at radius 2 is 2.19 bits per heavy atom. The Kier molecular flexibility index (Phi) is 3.65. The fourth-order valence-corrected chi connectivity index (χ4v) is 1.05. The highest BCUT2D eigenvalue weighted by atomic mass is 16.5. The van der Waals surface area contributed by atoms with Crippen LogP contribution >= 0.6 is 0 Å². The van der Waals surface area contributed by atoms with Crippen molar-refractivity contribution < 1.29 is 19.1 Å². The highest BCUT2D eigenvalue weighted by Crippen LogP contribution is 2.01. The van der Waals surface area contributed by atoms with Gasteiger partial charge >= 0.3 is 12.0 Å². The predicted molar refractivity (Wildman–Crippen MR) is 53.4 cm³/mol. The van der Waals surface area contributed by atoms with Crippen LogP contribution in [0, 0.1) is 0 Å². The highest BCUT2D eigenvalue weighted by Gasteiger charge is 2.12. The molecular formula is C9H11N3O4. The summed E-state index contributed by atoms with van der Waals surface area (Å²) in [6.45, 7) is -0.549. The summed E-state index contributed by atoms with van der Waals surface area (Å²) >= 11 is 0. The highest BCUT2D eigenvalue weighted by molar-refractivity contribution is 5.96. The molecule has 1 aromatic heterocycles. The molecule has 0 aliphatic carbocycles. The monoisotopic (exact) mass is 225 g/mol. The molecule has 1 heterocycles. The number of esters is 1. The molecule has 0 atom stereocenters. The van der Waals surface area contributed by atoms with E-state index in [-0.39, 0.29) is 0 Å². The molecule has 0 saturated heterocycles. The molecule has 7 nitrogen and oxygen atoms in total. The molecule has 0 saturated carbocycles. The molecule has 16 heavy (non-hydrogen) atoms. The number of hydrogen-bond acceptors (Lipinski definition) is 4. The molecule has 0 aliphatic heterocycles. The van der Waals surface area contributed by atoms with Crippen molar-refractivity contribution in [3.63, 3.8) is 0 Å². The summed E-state index contributed by atoms with van der Waals surface area (Å²) in [5, 5.41) is 1.77. The van der Waals surface area contributed by atoms with E-state index in [1.807, 2.05) is 0 Å². The van der Waals surface area contributed by atoms with E-state index >= 15 is 0 Å². The molecule has 0 unspecified atom stereocenters. The molecule has 1 aromatic rings. The number of rotatable bonds is 3. The zero-order chi connectivity index (χ0) is 12.1. The van der Waals surface area contributed by atoms with Crippen LogP contribution in [0.1, 0.15) is 10.5 Å². The number of ether oxygens (including phenoxy) is 1. The number of hydrogen-bond donors (Lipinski definition) is 2. The average Bonchev–Trinajstić information content (AvgIpc) is 2.60. The van der Waals surface area contributed by atoms with Crippen molar-refractivity contribution in [2.24, 2.45) is 12.8 Å². The van der Waals surface area contributed by atoms with Crippen molar-refractivity contribution in [3.05, 3.63) is 24.0 Å². The number of nitrogens with one attached hydrogen (secondary N) is 1. The van der Waals surface area contributed by atoms with Gasteiger partial charge in [-0.3, -0.25) is 10.1 Å². The Bertz CT molecular complexity index is 424. The SMILES string of the molecule is Cn1cccc1C(=O)OCC(=O)NC(N)=O. The normalized spacial score (nSPS) is 9.56. The van der Waals surface area contributed by atoms with Crippen molar-refractivity contribution in [1.82, 2.24) is 9.88 Å². The number of nitrogens with two attached hydrogens (primary N) is 1. The van der Waals surface area contributed by atoms with Gasteiger partial charge in [0.15, 0.2) is 6.61 Å². The number of nitrogens with zero attached hydrogens (tertiary/aromatic N) is 1. The Hall–Kier alpha value is -2.31. The summed E-state index contributed by atoms with van der Waals surface area (Å²) in [7, 11) is 1.67. The lowest BCUT2D eigenvalue weighted by molar-refractivity contribution is -0.123. The van der Waals surface area contributed by atoms with Crippen molar-refractivity contribution in [3.8, 4) is 0 Å². The number of urea groups is 1. The van der Waals surface area contributed by atoms with Gasteiger partial charge < -0.3 is 15.0 Å². The summed E-state index contributed by atoms with van der Waals surface area (Å²) in [6, 6.07) is 2.23. The third kappa shape index (κ3) is 3.12. The first kappa shape index (κ1) is 11.8. The first-order valence-corrected chi connectivity index (χ1v) is 4.38. The van der Waals surface area contributed by atoms with Crippen LogP contribution in [-0.2, 0) is 16.6 Å². The molecule has 86 valence electrons. The van der Waals surface area contributed by atoms with Crippen LogP contribution in [0.15, 0.2) is 18.3 Å². The van der Waals surface area contributed by atoms with Crippen molar-refractivity contribution in [2.45, 2.75) is 0 Å². The van der Waals surface area contributed by atoms with Crippen LogP contribution in [0.5, 0.6) is 0 Å². The number of carbonyl (C=O) groups excluding carboxylic acids is 3. The molecule has 0 aliphatic rings. The van der Waals surface area contributed by atoms with E-state index in [0.717, 1.165) is 0 Å². The van der Waals surface area contributed by atoms with E-state index in [2.05, 4.69) is 4.74 Å². The molecule has 7 heteroatoms. The van der Waals surface area contributed by atoms with Crippen LogP contribution in [0.25, 0.3) is 0 Å². The number of imide groups is 1. The smallest absolute Gasteiger partial charge is 0.355 e. The largest absolute Gasteiger partial charge is 0.451 e. The summed E-state index contributed by atoms with van der Waals surface area (Å²) < 4.78 is 6.20. The number of aryl methyl sites for hydroxylation is 1. The number of primary amides is 1. The third-order valence-corrected chi connectivity index (χ3v) is 1.75. The topological polar surface area (TPSA) is 103 Å². The molecule has 0 spiro atoms. The van der Waals surface area contributed by atoms with Gasteiger partial charge in [-0.15, -0.1) is 0 Å². The van der Waals surface area contributed by atoms with Crippen LogP contribution in [0.2, 0.25) is 0 Å². The first-order valence-electron chi connectivity index (χ1n) is 4.38. The molecule has 0 radical (unpaired) electrons. The van der Waals surface area contributed by atoms with E-state index in [1.54, 1.807) is 35.3 Å². The minimum atomic E-state index is -0.986. The zero-order valence-electron chi connectivity index (χ0n) is 8.60. The second-order valence-electron chi connectivity index (χ2n) is 2.99. The maximum atomic E-state index is 11.4. The molecular weight excluding hydrogens is 214 g/mol. The third-order valence-electron chi connectivity index (χ3n) is 1.75. The second kappa shape index (κ2) is 4.96. The Labute approximate surface area is 91.2 Å². The van der Waals surface area contributed by atoms with Crippen LogP contribution < -0.4 is 11.1 Å². The van der Waals surface area contributed by atoms with Gasteiger partial charge in [0.2, 0.25) is 0 Å². The van der Waals surface area contributed by atoms with Crippen LogP contribution in [-0.4, -0.2) is 29.1 Å². The fourth-order valence-electron chi connectivity index (χ4n) is 1.05. The molecule has 0 fully saturated rings. The Balaban J connectivity index is 2.45. The summed E-state index contributed by atoms with van der Waals surface area (Å²) in [6.07, 6.45) is 1.67. The summed E-state index contributed by atoms with van der Waals surface area (Å²) in [4.78, 5) is 32.6. The lowest BCUT2D eigenvalue weighted by Crippen LogP contribution is -2.37. The number of carbonyl (C=O) groups is 3. The van der Waals surface area contributed by atoms with Crippen LogP contribution in [0.3, 0.4) is 0 Å². The first-order chi connectivity index (χ1) is 7.50. The maximum absolute atomic E-state index is 11.4. The van der Waals surface area contributed by atoms with E-state index in [0.29, 0.717) is 5.69 Å². The zero-order valence-corrected chi connectivity index (χ0v) is 8.60. The molecule has 0 bridgehead atoms. The van der Waals surface area contributed by atoms with Crippen LogP contribution in [0.4, 0.5) is 4.79 Å². The minimum Gasteiger partial charge on any atom is -0.451 e. The van der Waals surface area contributed by atoms with Crippen molar-refractivity contribution >= 4 is 17.9 Å². The quantitative estimate of drug-likeness (QED) is 0.669. The standard InChI is InChI=1S/C9H11N3O4/c1-12-4-2-3-6(12)8(14)16-5-7(13)11-9(10)15/h2-4H,5H2,1H3,(H3,10,11,13,15). The van der Waals surface area contributed by atoms with Gasteiger partial charge in [0, 0.05) is 13.2 Å². The average molecular weight is 225 g/mol. The molecule has 1 rings (SSSR count). The van der Waals surface area contributed by atoms with Crippen molar-refractivity contribution in [2.75, 3.05) is 6.61 Å². The molecule has 3 amide bonds. The fraction of sp³-hybridized carbons (Fsp3) is 0.222. The summed E-state index contributed by atoms with van der Waals surface area (Å²) in [5.41, 5.74) is 5.01. The molecule has 0 aromatic carbocycles.